The number of pyridine rings is 2. The molecule has 0 saturated carbocycles. The number of aromatic nitrogens is 4. The van der Waals surface area contributed by atoms with E-state index >= 15 is 4.39 Å². The van der Waals surface area contributed by atoms with E-state index in [0.29, 0.717) is 88.7 Å². The summed E-state index contributed by atoms with van der Waals surface area (Å²) in [6, 6.07) is 10.3. The minimum atomic E-state index is -0.435. The summed E-state index contributed by atoms with van der Waals surface area (Å²) in [4.78, 5) is 20.5. The van der Waals surface area contributed by atoms with E-state index in [9.17, 15) is 4.39 Å². The number of hydrogen-bond donors (Lipinski definition) is 2. The van der Waals surface area contributed by atoms with Crippen molar-refractivity contribution in [2.24, 2.45) is 0 Å². The van der Waals surface area contributed by atoms with Crippen LogP contribution in [-0.4, -0.2) is 58.7 Å². The number of fused-ring (bicyclic) bond motifs is 1. The molecule has 0 unspecified atom stereocenters. The van der Waals surface area contributed by atoms with Crippen molar-refractivity contribution in [1.82, 2.24) is 19.9 Å². The van der Waals surface area contributed by atoms with Crippen molar-refractivity contribution in [3.8, 4) is 22.6 Å². The normalized spacial score (nSPS) is 13.8. The van der Waals surface area contributed by atoms with Gasteiger partial charge in [-0.3, -0.25) is 4.39 Å². The monoisotopic (exact) mass is 543 g/mol. The quantitative estimate of drug-likeness (QED) is 0.224. The molecule has 12 heteroatoms. The minimum Gasteiger partial charge on any atom is -0.382 e. The zero-order chi connectivity index (χ0) is 25.8. The third-order valence-corrected chi connectivity index (χ3v) is 6.96. The average molecular weight is 544 g/mol. The molecule has 4 heterocycles. The SMILES string of the molecule is Nc1ncc(-c2nc(N3CCOCC3)c3nc(-c4cccc(NSCCCF)c4F)ccc3n2)cc1Cl. The number of alkyl halides is 1. The Bertz CT molecular complexity index is 1420. The molecule has 0 aliphatic carbocycles. The number of ether oxygens (including phenoxy) is 1. The van der Waals surface area contributed by atoms with Gasteiger partial charge in [-0.15, -0.1) is 0 Å². The van der Waals surface area contributed by atoms with Crippen LogP contribution in [0.3, 0.4) is 0 Å². The maximum Gasteiger partial charge on any atom is 0.163 e. The van der Waals surface area contributed by atoms with Crippen molar-refractivity contribution in [1.29, 1.82) is 0 Å². The molecule has 192 valence electrons. The fourth-order valence-corrected chi connectivity index (χ4v) is 4.74. The molecule has 3 aromatic heterocycles. The highest BCUT2D eigenvalue weighted by atomic mass is 35.5. The van der Waals surface area contributed by atoms with Crippen molar-refractivity contribution in [3.63, 3.8) is 0 Å². The second-order valence-corrected chi connectivity index (χ2v) is 9.59. The Kier molecular flexibility index (Phi) is 7.82. The molecule has 1 fully saturated rings. The summed E-state index contributed by atoms with van der Waals surface area (Å²) in [6.07, 6.45) is 1.98. The number of nitrogens with two attached hydrogens (primary N) is 1. The molecule has 1 aromatic carbocycles. The molecule has 37 heavy (non-hydrogen) atoms. The summed E-state index contributed by atoms with van der Waals surface area (Å²) in [6.45, 7) is 1.95. The fraction of sp³-hybridized carbons (Fsp3) is 0.280. The van der Waals surface area contributed by atoms with Gasteiger partial charge in [0.05, 0.1) is 41.8 Å². The first kappa shape index (κ1) is 25.4. The van der Waals surface area contributed by atoms with Crippen LogP contribution in [0, 0.1) is 5.82 Å². The highest BCUT2D eigenvalue weighted by Gasteiger charge is 2.21. The maximum absolute atomic E-state index is 15.4. The Morgan fingerprint density at radius 3 is 2.76 bits per heavy atom. The van der Waals surface area contributed by atoms with Gasteiger partial charge in [-0.25, -0.2) is 24.3 Å². The Labute approximate surface area is 221 Å². The molecule has 0 spiro atoms. The highest BCUT2D eigenvalue weighted by molar-refractivity contribution is 8.00. The van der Waals surface area contributed by atoms with Gasteiger partial charge in [0.2, 0.25) is 0 Å². The van der Waals surface area contributed by atoms with Crippen LogP contribution in [0.1, 0.15) is 6.42 Å². The third-order valence-electron chi connectivity index (χ3n) is 5.80. The number of nitrogens with zero attached hydrogens (tertiary/aromatic N) is 5. The molecule has 0 bridgehead atoms. The lowest BCUT2D eigenvalue weighted by Gasteiger charge is -2.28. The first-order valence-electron chi connectivity index (χ1n) is 11.7. The van der Waals surface area contributed by atoms with Gasteiger partial charge in [0.15, 0.2) is 17.5 Å². The van der Waals surface area contributed by atoms with Crippen LogP contribution in [0.25, 0.3) is 33.7 Å². The molecule has 4 aromatic rings. The molecule has 0 amide bonds. The predicted molar refractivity (Wildman–Crippen MR) is 145 cm³/mol. The van der Waals surface area contributed by atoms with Crippen molar-refractivity contribution in [2.45, 2.75) is 6.42 Å². The third kappa shape index (κ3) is 5.53. The van der Waals surface area contributed by atoms with Crippen LogP contribution in [0.2, 0.25) is 5.02 Å². The lowest BCUT2D eigenvalue weighted by Crippen LogP contribution is -2.37. The van der Waals surface area contributed by atoms with Gasteiger partial charge in [-0.05, 0) is 36.8 Å². The molecular formula is C25H24ClF2N7OS. The molecule has 1 saturated heterocycles. The van der Waals surface area contributed by atoms with Crippen LogP contribution >= 0.6 is 23.5 Å². The van der Waals surface area contributed by atoms with E-state index < -0.39 is 12.5 Å². The number of anilines is 3. The van der Waals surface area contributed by atoms with Crippen LogP contribution < -0.4 is 15.4 Å². The number of rotatable bonds is 8. The van der Waals surface area contributed by atoms with Gasteiger partial charge in [-0.2, -0.15) is 0 Å². The molecular weight excluding hydrogens is 520 g/mol. The highest BCUT2D eigenvalue weighted by Crippen LogP contribution is 2.33. The largest absolute Gasteiger partial charge is 0.382 e. The molecule has 3 N–H and O–H groups in total. The van der Waals surface area contributed by atoms with Crippen molar-refractivity contribution in [2.75, 3.05) is 54.1 Å². The first-order chi connectivity index (χ1) is 18.0. The number of hydrogen-bond acceptors (Lipinski definition) is 9. The van der Waals surface area contributed by atoms with E-state index in [-0.39, 0.29) is 5.82 Å². The zero-order valence-corrected chi connectivity index (χ0v) is 21.3. The van der Waals surface area contributed by atoms with E-state index in [1.54, 1.807) is 42.6 Å². The van der Waals surface area contributed by atoms with Crippen molar-refractivity contribution < 1.29 is 13.5 Å². The minimum absolute atomic E-state index is 0.227. The Balaban J connectivity index is 1.58. The van der Waals surface area contributed by atoms with Crippen LogP contribution in [0.4, 0.5) is 26.1 Å². The second kappa shape index (κ2) is 11.4. The Morgan fingerprint density at radius 2 is 1.97 bits per heavy atom. The van der Waals surface area contributed by atoms with E-state index in [1.165, 1.54) is 11.9 Å². The van der Waals surface area contributed by atoms with Crippen molar-refractivity contribution >= 4 is 51.9 Å². The van der Waals surface area contributed by atoms with Gasteiger partial charge in [0.25, 0.3) is 0 Å². The predicted octanol–water partition coefficient (Wildman–Crippen LogP) is 5.38. The number of morpholine rings is 1. The number of nitrogen functional groups attached to an aromatic ring is 1. The van der Waals surface area contributed by atoms with E-state index in [2.05, 4.69) is 14.6 Å². The summed E-state index contributed by atoms with van der Waals surface area (Å²) in [5, 5.41) is 0.314. The summed E-state index contributed by atoms with van der Waals surface area (Å²) < 4.78 is 36.3. The molecule has 0 radical (unpaired) electrons. The topological polar surface area (TPSA) is 102 Å². The number of halogens is 3. The standard InChI is InChI=1S/C25H24ClF2N7OS/c26-17-13-15(14-30-23(17)29)24-32-20-6-5-18(31-22(20)25(33-24)35-8-10-36-11-9-35)16-3-1-4-19(21(16)28)34-37-12-2-7-27/h1,3-6,13-14,34H,2,7-12H2,(H2,29,30). The number of nitrogens with one attached hydrogen (secondary N) is 1. The lowest BCUT2D eigenvalue weighted by atomic mass is 10.1. The molecule has 1 aliphatic heterocycles. The van der Waals surface area contributed by atoms with E-state index in [1.807, 2.05) is 0 Å². The van der Waals surface area contributed by atoms with Crippen LogP contribution in [-0.2, 0) is 4.74 Å². The summed E-state index contributed by atoms with van der Waals surface area (Å²) in [7, 11) is 0. The lowest BCUT2D eigenvalue weighted by molar-refractivity contribution is 0.122. The van der Waals surface area contributed by atoms with E-state index in [0.717, 1.165) is 0 Å². The van der Waals surface area contributed by atoms with Crippen LogP contribution in [0.5, 0.6) is 0 Å². The van der Waals surface area contributed by atoms with Crippen LogP contribution in [0.15, 0.2) is 42.6 Å². The smallest absolute Gasteiger partial charge is 0.163 e. The van der Waals surface area contributed by atoms with Crippen molar-refractivity contribution in [3.05, 3.63) is 53.4 Å². The van der Waals surface area contributed by atoms with Gasteiger partial charge >= 0.3 is 0 Å². The summed E-state index contributed by atoms with van der Waals surface area (Å²) in [5.74, 6) is 1.38. The maximum atomic E-state index is 15.4. The Morgan fingerprint density at radius 1 is 1.14 bits per heavy atom. The Hall–Kier alpha value is -3.28. The van der Waals surface area contributed by atoms with Gasteiger partial charge in [0.1, 0.15) is 11.3 Å². The average Bonchev–Trinajstić information content (AvgIpc) is 2.93. The van der Waals surface area contributed by atoms with Gasteiger partial charge in [-0.1, -0.05) is 29.6 Å². The fourth-order valence-electron chi connectivity index (χ4n) is 3.91. The number of benzene rings is 1. The second-order valence-electron chi connectivity index (χ2n) is 8.29. The van der Waals surface area contributed by atoms with Gasteiger partial charge < -0.3 is 20.1 Å². The molecule has 0 atom stereocenters. The summed E-state index contributed by atoms with van der Waals surface area (Å²) in [5.41, 5.74) is 8.64. The molecule has 8 nitrogen and oxygen atoms in total. The van der Waals surface area contributed by atoms with Gasteiger partial charge in [0, 0.05) is 36.2 Å². The summed E-state index contributed by atoms with van der Waals surface area (Å²) >= 11 is 7.46. The molecule has 5 rings (SSSR count). The molecule has 1 aliphatic rings. The first-order valence-corrected chi connectivity index (χ1v) is 13.1. The van der Waals surface area contributed by atoms with E-state index in [4.69, 9.17) is 37.0 Å². The zero-order valence-electron chi connectivity index (χ0n) is 19.8.